The number of benzene rings is 2. The molecule has 3 N–H and O–H groups in total. The Morgan fingerprint density at radius 1 is 1.03 bits per heavy atom. The molecule has 0 spiro atoms. The molecule has 176 valence electrons. The van der Waals surface area contributed by atoms with Crippen molar-refractivity contribution < 1.29 is 24.2 Å². The monoisotopic (exact) mass is 479 g/mol. The SMILES string of the molecule is CC(CC(=O)NC(C)c1nc(C(=O)O)cs1)NC(=O)OCC1c2ccccc2-c2ccccc21. The molecule has 2 aromatic carbocycles. The van der Waals surface area contributed by atoms with Crippen LogP contribution < -0.4 is 10.6 Å². The van der Waals surface area contributed by atoms with Crippen molar-refractivity contribution >= 4 is 29.3 Å². The second-order valence-electron chi connectivity index (χ2n) is 8.24. The fourth-order valence-corrected chi connectivity index (χ4v) is 4.92. The van der Waals surface area contributed by atoms with Crippen LogP contribution in [0.15, 0.2) is 53.9 Å². The summed E-state index contributed by atoms with van der Waals surface area (Å²) >= 11 is 1.17. The van der Waals surface area contributed by atoms with Gasteiger partial charge in [-0.1, -0.05) is 48.5 Å². The van der Waals surface area contributed by atoms with Gasteiger partial charge in [0.1, 0.15) is 11.6 Å². The van der Waals surface area contributed by atoms with E-state index in [-0.39, 0.29) is 30.5 Å². The molecule has 4 rings (SSSR count). The van der Waals surface area contributed by atoms with E-state index in [9.17, 15) is 14.4 Å². The number of carbonyl (C=O) groups is 3. The van der Waals surface area contributed by atoms with Crippen molar-refractivity contribution in [2.24, 2.45) is 0 Å². The molecule has 1 heterocycles. The Morgan fingerprint density at radius 2 is 1.65 bits per heavy atom. The highest BCUT2D eigenvalue weighted by Crippen LogP contribution is 2.44. The molecule has 34 heavy (non-hydrogen) atoms. The lowest BCUT2D eigenvalue weighted by Gasteiger charge is -2.18. The molecule has 0 bridgehead atoms. The van der Waals surface area contributed by atoms with Gasteiger partial charge in [0.2, 0.25) is 5.91 Å². The summed E-state index contributed by atoms with van der Waals surface area (Å²) < 4.78 is 5.52. The predicted octanol–water partition coefficient (Wildman–Crippen LogP) is 4.34. The van der Waals surface area contributed by atoms with Gasteiger partial charge in [0.15, 0.2) is 5.69 Å². The van der Waals surface area contributed by atoms with Crippen LogP contribution in [0.5, 0.6) is 0 Å². The van der Waals surface area contributed by atoms with E-state index in [1.807, 2.05) is 24.3 Å². The van der Waals surface area contributed by atoms with Crippen molar-refractivity contribution in [3.05, 3.63) is 75.7 Å². The minimum absolute atomic E-state index is 0.0356. The number of carboxylic acid groups (broad SMARTS) is 1. The Kier molecular flexibility index (Phi) is 6.93. The predicted molar refractivity (Wildman–Crippen MR) is 128 cm³/mol. The summed E-state index contributed by atoms with van der Waals surface area (Å²) in [5, 5.41) is 16.4. The van der Waals surface area contributed by atoms with Gasteiger partial charge < -0.3 is 20.5 Å². The van der Waals surface area contributed by atoms with E-state index in [1.165, 1.54) is 16.7 Å². The number of rotatable bonds is 8. The molecule has 1 aromatic heterocycles. The molecule has 1 aliphatic rings. The molecule has 0 saturated carbocycles. The number of ether oxygens (including phenoxy) is 1. The van der Waals surface area contributed by atoms with Crippen LogP contribution in [0.4, 0.5) is 4.79 Å². The number of hydrogen-bond acceptors (Lipinski definition) is 6. The van der Waals surface area contributed by atoms with E-state index >= 15 is 0 Å². The van der Waals surface area contributed by atoms with Crippen molar-refractivity contribution in [1.82, 2.24) is 15.6 Å². The Morgan fingerprint density at radius 3 is 2.24 bits per heavy atom. The first-order chi connectivity index (χ1) is 16.3. The van der Waals surface area contributed by atoms with Gasteiger partial charge in [-0.05, 0) is 36.1 Å². The fraction of sp³-hybridized carbons (Fsp3) is 0.280. The molecule has 9 heteroatoms. The van der Waals surface area contributed by atoms with Crippen LogP contribution in [0.3, 0.4) is 0 Å². The number of nitrogens with zero attached hydrogens (tertiary/aromatic N) is 1. The summed E-state index contributed by atoms with van der Waals surface area (Å²) in [5.74, 6) is -1.43. The first-order valence-electron chi connectivity index (χ1n) is 10.9. The van der Waals surface area contributed by atoms with Crippen molar-refractivity contribution in [1.29, 1.82) is 0 Å². The van der Waals surface area contributed by atoms with E-state index < -0.39 is 24.1 Å². The Labute approximate surface area is 201 Å². The molecule has 0 fully saturated rings. The average molecular weight is 480 g/mol. The Hall–Kier alpha value is -3.72. The second-order valence-corrected chi connectivity index (χ2v) is 9.13. The van der Waals surface area contributed by atoms with Gasteiger partial charge in [0, 0.05) is 23.8 Å². The third kappa shape index (κ3) is 5.09. The topological polar surface area (TPSA) is 118 Å². The molecule has 2 atom stereocenters. The molecule has 3 aromatic rings. The zero-order chi connectivity index (χ0) is 24.2. The minimum atomic E-state index is -1.11. The van der Waals surface area contributed by atoms with E-state index in [1.54, 1.807) is 13.8 Å². The van der Waals surface area contributed by atoms with Gasteiger partial charge in [0.05, 0.1) is 6.04 Å². The van der Waals surface area contributed by atoms with E-state index in [2.05, 4.69) is 39.9 Å². The lowest BCUT2D eigenvalue weighted by molar-refractivity contribution is -0.122. The summed E-state index contributed by atoms with van der Waals surface area (Å²) in [5.41, 5.74) is 4.52. The van der Waals surface area contributed by atoms with Crippen LogP contribution in [0.25, 0.3) is 11.1 Å². The van der Waals surface area contributed by atoms with Crippen molar-refractivity contribution in [2.75, 3.05) is 6.61 Å². The van der Waals surface area contributed by atoms with Gasteiger partial charge in [-0.3, -0.25) is 4.79 Å². The highest BCUT2D eigenvalue weighted by atomic mass is 32.1. The molecular formula is C25H25N3O5S. The summed E-state index contributed by atoms with van der Waals surface area (Å²) in [4.78, 5) is 39.7. The zero-order valence-electron chi connectivity index (χ0n) is 18.8. The van der Waals surface area contributed by atoms with E-state index in [0.717, 1.165) is 22.3 Å². The lowest BCUT2D eigenvalue weighted by Crippen LogP contribution is -2.38. The summed E-state index contributed by atoms with van der Waals surface area (Å²) in [6, 6.07) is 15.3. The summed E-state index contributed by atoms with van der Waals surface area (Å²) in [6.07, 6.45) is -0.535. The number of thiazole rings is 1. The number of alkyl carbamates (subject to hydrolysis) is 1. The quantitative estimate of drug-likeness (QED) is 0.443. The molecule has 0 aliphatic heterocycles. The number of carboxylic acids is 1. The first kappa shape index (κ1) is 23.4. The van der Waals surface area contributed by atoms with Crippen LogP contribution >= 0.6 is 11.3 Å². The molecule has 2 amide bonds. The fourth-order valence-electron chi connectivity index (χ4n) is 4.12. The number of aromatic carboxylic acids is 1. The van der Waals surface area contributed by atoms with E-state index in [0.29, 0.717) is 5.01 Å². The highest BCUT2D eigenvalue weighted by molar-refractivity contribution is 7.09. The maximum atomic E-state index is 12.4. The molecule has 2 unspecified atom stereocenters. The third-order valence-electron chi connectivity index (χ3n) is 5.69. The van der Waals surface area contributed by atoms with Crippen LogP contribution in [0.1, 0.15) is 58.9 Å². The van der Waals surface area contributed by atoms with Crippen LogP contribution in [-0.4, -0.2) is 40.7 Å². The normalized spacial score (nSPS) is 13.9. The first-order valence-corrected chi connectivity index (χ1v) is 11.8. The van der Waals surface area contributed by atoms with Crippen LogP contribution in [0, 0.1) is 0 Å². The maximum Gasteiger partial charge on any atom is 0.407 e. The number of hydrogen-bond donors (Lipinski definition) is 3. The summed E-state index contributed by atoms with van der Waals surface area (Å²) in [7, 11) is 0. The number of aromatic nitrogens is 1. The van der Waals surface area contributed by atoms with Crippen LogP contribution in [0.2, 0.25) is 0 Å². The maximum absolute atomic E-state index is 12.4. The van der Waals surface area contributed by atoms with E-state index in [4.69, 9.17) is 9.84 Å². The van der Waals surface area contributed by atoms with Gasteiger partial charge in [-0.25, -0.2) is 14.6 Å². The van der Waals surface area contributed by atoms with Gasteiger partial charge >= 0.3 is 12.1 Å². The molecule has 0 radical (unpaired) electrons. The van der Waals surface area contributed by atoms with Gasteiger partial charge in [0.25, 0.3) is 0 Å². The van der Waals surface area contributed by atoms with Crippen molar-refractivity contribution in [2.45, 2.75) is 38.3 Å². The van der Waals surface area contributed by atoms with Gasteiger partial charge in [-0.15, -0.1) is 11.3 Å². The molecule has 1 aliphatic carbocycles. The summed E-state index contributed by atoms with van der Waals surface area (Å²) in [6.45, 7) is 3.65. The number of nitrogens with one attached hydrogen (secondary N) is 2. The minimum Gasteiger partial charge on any atom is -0.476 e. The molecular weight excluding hydrogens is 454 g/mol. The van der Waals surface area contributed by atoms with Gasteiger partial charge in [-0.2, -0.15) is 0 Å². The van der Waals surface area contributed by atoms with Crippen LogP contribution in [-0.2, 0) is 9.53 Å². The number of fused-ring (bicyclic) bond motifs is 3. The molecule has 0 saturated heterocycles. The zero-order valence-corrected chi connectivity index (χ0v) is 19.6. The number of amides is 2. The molecule has 8 nitrogen and oxygen atoms in total. The number of carbonyl (C=O) groups excluding carboxylic acids is 2. The standard InChI is InChI=1S/C25H25N3O5S/c1-14(11-22(29)27-15(2)23-28-21(13-34-23)24(30)31)26-25(32)33-12-20-18-9-5-3-7-16(18)17-8-4-6-10-19(17)20/h3-10,13-15,20H,11-12H2,1-2H3,(H,26,32)(H,27,29)(H,30,31). The Balaban J connectivity index is 1.27. The second kappa shape index (κ2) is 10.0. The van der Waals surface area contributed by atoms with Crippen molar-refractivity contribution in [3.8, 4) is 11.1 Å². The largest absolute Gasteiger partial charge is 0.476 e. The average Bonchev–Trinajstić information content (AvgIpc) is 3.41. The Bertz CT molecular complexity index is 1180. The smallest absolute Gasteiger partial charge is 0.407 e. The lowest BCUT2D eigenvalue weighted by atomic mass is 9.98. The third-order valence-corrected chi connectivity index (χ3v) is 6.72. The highest BCUT2D eigenvalue weighted by Gasteiger charge is 2.29. The van der Waals surface area contributed by atoms with Crippen molar-refractivity contribution in [3.63, 3.8) is 0 Å².